The van der Waals surface area contributed by atoms with Crippen LogP contribution >= 0.6 is 11.8 Å². The molecule has 1 amide bonds. The highest BCUT2D eigenvalue weighted by atomic mass is 32.2. The number of thioether (sulfide) groups is 1. The van der Waals surface area contributed by atoms with Crippen LogP contribution in [0.5, 0.6) is 0 Å². The van der Waals surface area contributed by atoms with Crippen LogP contribution in [0.2, 0.25) is 0 Å². The van der Waals surface area contributed by atoms with Crippen LogP contribution < -0.4 is 10.6 Å². The Labute approximate surface area is 170 Å². The molecule has 3 rings (SSSR count). The lowest BCUT2D eigenvalue weighted by atomic mass is 10.0. The summed E-state index contributed by atoms with van der Waals surface area (Å²) >= 11 is 1.62. The number of hydrogen-bond donors (Lipinski definition) is 3. The number of carbonyl (C=O) groups is 1. The van der Waals surface area contributed by atoms with E-state index in [2.05, 4.69) is 25.8 Å². The summed E-state index contributed by atoms with van der Waals surface area (Å²) in [5.74, 6) is 1.08. The molecule has 152 valence electrons. The monoisotopic (exact) mass is 403 g/mol. The number of amides is 1. The number of aromatic nitrogens is 3. The van der Waals surface area contributed by atoms with Crippen LogP contribution in [0, 0.1) is 6.92 Å². The lowest BCUT2D eigenvalue weighted by molar-refractivity contribution is 0.0937. The summed E-state index contributed by atoms with van der Waals surface area (Å²) < 4.78 is 5.57. The van der Waals surface area contributed by atoms with Gasteiger partial charge in [0.05, 0.1) is 16.4 Å². The molecule has 1 aliphatic rings. The Morgan fingerprint density at radius 3 is 2.79 bits per heavy atom. The van der Waals surface area contributed by atoms with Gasteiger partial charge >= 0.3 is 6.09 Å². The molecule has 8 heteroatoms. The molecule has 2 aromatic rings. The van der Waals surface area contributed by atoms with Gasteiger partial charge in [0, 0.05) is 23.2 Å². The van der Waals surface area contributed by atoms with Gasteiger partial charge in [-0.3, -0.25) is 5.10 Å². The van der Waals surface area contributed by atoms with Gasteiger partial charge in [0.25, 0.3) is 0 Å². The lowest BCUT2D eigenvalue weighted by Crippen LogP contribution is -2.42. The van der Waals surface area contributed by atoms with E-state index < -0.39 is 0 Å². The molecule has 0 spiro atoms. The van der Waals surface area contributed by atoms with Crippen LogP contribution in [0.3, 0.4) is 0 Å². The average molecular weight is 404 g/mol. The fourth-order valence-corrected chi connectivity index (χ4v) is 3.78. The highest BCUT2D eigenvalue weighted by Crippen LogP contribution is 2.36. The van der Waals surface area contributed by atoms with Crippen molar-refractivity contribution >= 4 is 29.4 Å². The topological polar surface area (TPSA) is 91.9 Å². The maximum Gasteiger partial charge on any atom is 0.407 e. The van der Waals surface area contributed by atoms with E-state index >= 15 is 0 Å². The summed E-state index contributed by atoms with van der Waals surface area (Å²) in [6.07, 6.45) is 4.25. The number of hydrogen-bond acceptors (Lipinski definition) is 6. The first-order valence-corrected chi connectivity index (χ1v) is 10.8. The summed E-state index contributed by atoms with van der Waals surface area (Å²) in [6, 6.07) is 6.05. The second kappa shape index (κ2) is 8.43. The third-order valence-electron chi connectivity index (χ3n) is 4.70. The Morgan fingerprint density at radius 1 is 1.32 bits per heavy atom. The molecule has 0 bridgehead atoms. The predicted molar refractivity (Wildman–Crippen MR) is 112 cm³/mol. The van der Waals surface area contributed by atoms with Crippen LogP contribution in [-0.2, 0) is 4.74 Å². The molecule has 1 aliphatic carbocycles. The van der Waals surface area contributed by atoms with Crippen molar-refractivity contribution in [3.63, 3.8) is 0 Å². The summed E-state index contributed by atoms with van der Waals surface area (Å²) in [4.78, 5) is 16.5. The number of aryl methyl sites for hydroxylation is 1. The number of nitrogens with zero attached hydrogens (tertiary/aromatic N) is 2. The van der Waals surface area contributed by atoms with E-state index in [9.17, 15) is 4.79 Å². The van der Waals surface area contributed by atoms with Crippen LogP contribution in [0.1, 0.15) is 57.3 Å². The Hall–Kier alpha value is -2.22. The molecule has 28 heavy (non-hydrogen) atoms. The first-order valence-electron chi connectivity index (χ1n) is 9.56. The Morgan fingerprint density at radius 2 is 2.11 bits per heavy atom. The minimum atomic E-state index is -0.346. The highest BCUT2D eigenvalue weighted by molar-refractivity contribution is 7.98. The molecule has 7 nitrogen and oxygen atoms in total. The maximum atomic E-state index is 12.0. The molecular formula is C20H29N5O2S. The van der Waals surface area contributed by atoms with Crippen molar-refractivity contribution in [2.24, 2.45) is 0 Å². The maximum absolute atomic E-state index is 12.0. The van der Waals surface area contributed by atoms with Gasteiger partial charge in [-0.25, -0.2) is 9.78 Å². The van der Waals surface area contributed by atoms with Crippen molar-refractivity contribution < 1.29 is 9.53 Å². The van der Waals surface area contributed by atoms with Gasteiger partial charge in [-0.05, 0) is 65.3 Å². The van der Waals surface area contributed by atoms with Crippen molar-refractivity contribution in [1.29, 1.82) is 0 Å². The van der Waals surface area contributed by atoms with E-state index in [0.29, 0.717) is 5.92 Å². The SMILES string of the molecule is CSc1ccc(Nc2cc(C3CCC(OC(=O)NC(C)(C)C)C3)[nH]n2)c(C)n1. The van der Waals surface area contributed by atoms with Crippen LogP contribution in [-0.4, -0.2) is 39.2 Å². The fraction of sp³-hybridized carbons (Fsp3) is 0.550. The molecule has 1 saturated carbocycles. The number of H-pyrrole nitrogens is 1. The minimum Gasteiger partial charge on any atom is -0.446 e. The normalized spacial score (nSPS) is 19.5. The van der Waals surface area contributed by atoms with Gasteiger partial charge in [0.15, 0.2) is 5.82 Å². The van der Waals surface area contributed by atoms with Crippen molar-refractivity contribution in [3.05, 3.63) is 29.6 Å². The van der Waals surface area contributed by atoms with E-state index in [4.69, 9.17) is 4.74 Å². The molecule has 0 saturated heterocycles. The van der Waals surface area contributed by atoms with E-state index in [1.807, 2.05) is 52.1 Å². The largest absolute Gasteiger partial charge is 0.446 e. The van der Waals surface area contributed by atoms with E-state index in [1.165, 1.54) is 0 Å². The number of anilines is 2. The van der Waals surface area contributed by atoms with Gasteiger partial charge in [0.1, 0.15) is 6.10 Å². The summed E-state index contributed by atoms with van der Waals surface area (Å²) in [6.45, 7) is 7.81. The first kappa shape index (κ1) is 20.5. The molecule has 2 atom stereocenters. The molecule has 2 aromatic heterocycles. The molecule has 2 heterocycles. The van der Waals surface area contributed by atoms with Crippen molar-refractivity contribution in [2.75, 3.05) is 11.6 Å². The van der Waals surface area contributed by atoms with E-state index in [-0.39, 0.29) is 17.7 Å². The van der Waals surface area contributed by atoms with Crippen LogP contribution in [0.15, 0.2) is 23.2 Å². The third kappa shape index (κ3) is 5.41. The number of pyridine rings is 1. The van der Waals surface area contributed by atoms with Gasteiger partial charge in [-0.2, -0.15) is 5.10 Å². The average Bonchev–Trinajstić information content (AvgIpc) is 3.24. The Balaban J connectivity index is 1.57. The number of carbonyl (C=O) groups excluding carboxylic acids is 1. The van der Waals surface area contributed by atoms with Gasteiger partial charge in [-0.1, -0.05) is 0 Å². The lowest BCUT2D eigenvalue weighted by Gasteiger charge is -2.22. The zero-order chi connectivity index (χ0) is 20.3. The molecule has 0 aliphatic heterocycles. The summed E-state index contributed by atoms with van der Waals surface area (Å²) in [7, 11) is 0. The van der Waals surface area contributed by atoms with Crippen molar-refractivity contribution in [3.8, 4) is 0 Å². The van der Waals surface area contributed by atoms with Crippen LogP contribution in [0.25, 0.3) is 0 Å². The molecule has 1 fully saturated rings. The standard InChI is InChI=1S/C20H29N5O2S/c1-12-15(8-9-18(21-12)28-5)22-17-11-16(24-25-17)13-6-7-14(10-13)27-19(26)23-20(2,3)4/h8-9,11,13-14H,6-7,10H2,1-5H3,(H,23,26)(H2,22,24,25). The quantitative estimate of drug-likeness (QED) is 0.625. The molecule has 0 radical (unpaired) electrons. The Bertz CT molecular complexity index is 830. The zero-order valence-electron chi connectivity index (χ0n) is 17.1. The van der Waals surface area contributed by atoms with E-state index in [0.717, 1.165) is 47.2 Å². The predicted octanol–water partition coefficient (Wildman–Crippen LogP) is 4.74. The highest BCUT2D eigenvalue weighted by Gasteiger charge is 2.30. The number of aromatic amines is 1. The molecular weight excluding hydrogens is 374 g/mol. The number of nitrogens with one attached hydrogen (secondary N) is 3. The Kier molecular flexibility index (Phi) is 6.17. The van der Waals surface area contributed by atoms with Gasteiger partial charge < -0.3 is 15.4 Å². The second-order valence-electron chi connectivity index (χ2n) is 8.23. The summed E-state index contributed by atoms with van der Waals surface area (Å²) in [5.41, 5.74) is 2.66. The molecule has 0 aromatic carbocycles. The zero-order valence-corrected chi connectivity index (χ0v) is 17.9. The second-order valence-corrected chi connectivity index (χ2v) is 9.06. The van der Waals surface area contributed by atoms with E-state index in [1.54, 1.807) is 11.8 Å². The van der Waals surface area contributed by atoms with Crippen LogP contribution in [0.4, 0.5) is 16.3 Å². The van der Waals surface area contributed by atoms with Crippen molar-refractivity contribution in [1.82, 2.24) is 20.5 Å². The molecule has 3 N–H and O–H groups in total. The summed E-state index contributed by atoms with van der Waals surface area (Å²) in [5, 5.41) is 14.7. The number of ether oxygens (including phenoxy) is 1. The van der Waals surface area contributed by atoms with Gasteiger partial charge in [-0.15, -0.1) is 11.8 Å². The van der Waals surface area contributed by atoms with Crippen molar-refractivity contribution in [2.45, 2.75) is 69.5 Å². The smallest absolute Gasteiger partial charge is 0.407 e. The van der Waals surface area contributed by atoms with Gasteiger partial charge in [0.2, 0.25) is 0 Å². The number of alkyl carbamates (subject to hydrolysis) is 1. The first-order chi connectivity index (χ1) is 13.2. The third-order valence-corrected chi connectivity index (χ3v) is 5.35. The molecule has 2 unspecified atom stereocenters. The number of rotatable bonds is 5. The minimum absolute atomic E-state index is 0.0578. The fourth-order valence-electron chi connectivity index (χ4n) is 3.35.